The SMILES string of the molecule is CN1C=CC(N2CCCCC2)=NC1Nc1ccccc1. The molecule has 1 unspecified atom stereocenters. The van der Waals surface area contributed by atoms with Gasteiger partial charge in [0.15, 0.2) is 6.29 Å². The summed E-state index contributed by atoms with van der Waals surface area (Å²) >= 11 is 0. The van der Waals surface area contributed by atoms with Crippen molar-refractivity contribution in [2.45, 2.75) is 25.6 Å². The minimum absolute atomic E-state index is 0.0284. The summed E-state index contributed by atoms with van der Waals surface area (Å²) in [6.45, 7) is 2.26. The summed E-state index contributed by atoms with van der Waals surface area (Å²) in [6.07, 6.45) is 8.10. The molecule has 20 heavy (non-hydrogen) atoms. The van der Waals surface area contributed by atoms with Crippen molar-refractivity contribution in [2.24, 2.45) is 4.99 Å². The van der Waals surface area contributed by atoms with Gasteiger partial charge in [0.2, 0.25) is 0 Å². The molecular formula is C16H22N4. The second-order valence-electron chi connectivity index (χ2n) is 5.40. The van der Waals surface area contributed by atoms with E-state index in [4.69, 9.17) is 4.99 Å². The topological polar surface area (TPSA) is 30.9 Å². The lowest BCUT2D eigenvalue weighted by molar-refractivity contribution is 0.321. The van der Waals surface area contributed by atoms with Crippen LogP contribution < -0.4 is 5.32 Å². The number of hydrogen-bond acceptors (Lipinski definition) is 4. The van der Waals surface area contributed by atoms with Crippen molar-refractivity contribution in [1.82, 2.24) is 9.80 Å². The van der Waals surface area contributed by atoms with E-state index < -0.39 is 0 Å². The summed E-state index contributed by atoms with van der Waals surface area (Å²) in [5.41, 5.74) is 1.10. The maximum Gasteiger partial charge on any atom is 0.198 e. The molecule has 1 atom stereocenters. The Kier molecular flexibility index (Phi) is 3.90. The summed E-state index contributed by atoms with van der Waals surface area (Å²) in [4.78, 5) is 9.35. The fourth-order valence-corrected chi connectivity index (χ4v) is 2.65. The van der Waals surface area contributed by atoms with Crippen LogP contribution in [0.1, 0.15) is 19.3 Å². The minimum Gasteiger partial charge on any atom is -0.357 e. The highest BCUT2D eigenvalue weighted by Gasteiger charge is 2.20. The van der Waals surface area contributed by atoms with Gasteiger partial charge in [0.1, 0.15) is 5.84 Å². The smallest absolute Gasteiger partial charge is 0.198 e. The maximum atomic E-state index is 4.85. The van der Waals surface area contributed by atoms with Gasteiger partial charge in [0, 0.05) is 32.0 Å². The summed E-state index contributed by atoms with van der Waals surface area (Å²) in [5, 5.41) is 3.46. The third-order valence-corrected chi connectivity index (χ3v) is 3.85. The zero-order chi connectivity index (χ0) is 13.8. The first kappa shape index (κ1) is 13.0. The van der Waals surface area contributed by atoms with E-state index in [1.807, 2.05) is 25.2 Å². The highest BCUT2D eigenvalue weighted by molar-refractivity contribution is 5.93. The van der Waals surface area contributed by atoms with E-state index in [-0.39, 0.29) is 6.29 Å². The number of nitrogens with zero attached hydrogens (tertiary/aromatic N) is 3. The lowest BCUT2D eigenvalue weighted by Crippen LogP contribution is -2.42. The van der Waals surface area contributed by atoms with Crippen molar-refractivity contribution in [1.29, 1.82) is 0 Å². The average Bonchev–Trinajstić information content (AvgIpc) is 2.51. The number of anilines is 1. The van der Waals surface area contributed by atoms with Crippen LogP contribution in [0.4, 0.5) is 5.69 Å². The zero-order valence-corrected chi connectivity index (χ0v) is 12.0. The molecular weight excluding hydrogens is 248 g/mol. The van der Waals surface area contributed by atoms with Crippen LogP contribution in [0.3, 0.4) is 0 Å². The lowest BCUT2D eigenvalue weighted by Gasteiger charge is -2.34. The molecule has 0 aliphatic carbocycles. The van der Waals surface area contributed by atoms with Crippen LogP contribution in [0.2, 0.25) is 0 Å². The fourth-order valence-electron chi connectivity index (χ4n) is 2.65. The molecule has 0 amide bonds. The molecule has 1 aromatic carbocycles. The molecule has 0 radical (unpaired) electrons. The number of nitrogens with one attached hydrogen (secondary N) is 1. The van der Waals surface area contributed by atoms with Gasteiger partial charge < -0.3 is 15.1 Å². The maximum absolute atomic E-state index is 4.85. The summed E-state index contributed by atoms with van der Waals surface area (Å²) in [7, 11) is 2.05. The zero-order valence-electron chi connectivity index (χ0n) is 12.0. The molecule has 0 saturated carbocycles. The first-order chi connectivity index (χ1) is 9.83. The van der Waals surface area contributed by atoms with Gasteiger partial charge in [-0.25, -0.2) is 4.99 Å². The number of benzene rings is 1. The predicted molar refractivity (Wildman–Crippen MR) is 83.6 cm³/mol. The molecule has 2 heterocycles. The van der Waals surface area contributed by atoms with Crippen LogP contribution in [-0.2, 0) is 0 Å². The first-order valence-corrected chi connectivity index (χ1v) is 7.37. The number of piperidine rings is 1. The number of likely N-dealkylation sites (tertiary alicyclic amines) is 1. The van der Waals surface area contributed by atoms with E-state index in [0.717, 1.165) is 24.6 Å². The molecule has 0 aromatic heterocycles. The average molecular weight is 270 g/mol. The standard InChI is InChI=1S/C16H22N4/c1-19-13-10-15(20-11-6-3-7-12-20)18-16(19)17-14-8-4-2-5-9-14/h2,4-5,8-10,13,16-17H,3,6-7,11-12H2,1H3. The third kappa shape index (κ3) is 2.95. The van der Waals surface area contributed by atoms with Crippen LogP contribution in [0.15, 0.2) is 47.6 Å². The third-order valence-electron chi connectivity index (χ3n) is 3.85. The molecule has 2 aliphatic heterocycles. The van der Waals surface area contributed by atoms with Crippen LogP contribution >= 0.6 is 0 Å². The van der Waals surface area contributed by atoms with Crippen molar-refractivity contribution in [3.8, 4) is 0 Å². The highest BCUT2D eigenvalue weighted by atomic mass is 15.4. The number of hydrogen-bond donors (Lipinski definition) is 1. The second kappa shape index (κ2) is 5.99. The molecule has 4 nitrogen and oxygen atoms in total. The van der Waals surface area contributed by atoms with E-state index in [0.29, 0.717) is 0 Å². The summed E-state index contributed by atoms with van der Waals surface area (Å²) in [5.74, 6) is 1.11. The molecule has 106 valence electrons. The van der Waals surface area contributed by atoms with Gasteiger partial charge in [0.25, 0.3) is 0 Å². The molecule has 1 aromatic rings. The number of para-hydroxylation sites is 1. The largest absolute Gasteiger partial charge is 0.357 e. The van der Waals surface area contributed by atoms with Crippen molar-refractivity contribution >= 4 is 11.5 Å². The van der Waals surface area contributed by atoms with E-state index in [1.54, 1.807) is 0 Å². The monoisotopic (exact) mass is 270 g/mol. The van der Waals surface area contributed by atoms with Gasteiger partial charge in [-0.1, -0.05) is 18.2 Å². The Morgan fingerprint density at radius 1 is 1.10 bits per heavy atom. The Labute approximate surface area is 120 Å². The van der Waals surface area contributed by atoms with Crippen molar-refractivity contribution in [3.63, 3.8) is 0 Å². The minimum atomic E-state index is -0.0284. The molecule has 3 rings (SSSR count). The normalized spacial score (nSPS) is 22.6. The van der Waals surface area contributed by atoms with E-state index in [2.05, 4.69) is 39.5 Å². The number of rotatable bonds is 2. The fraction of sp³-hybridized carbons (Fsp3) is 0.438. The Morgan fingerprint density at radius 2 is 1.85 bits per heavy atom. The van der Waals surface area contributed by atoms with Gasteiger partial charge in [-0.15, -0.1) is 0 Å². The molecule has 1 saturated heterocycles. The van der Waals surface area contributed by atoms with Gasteiger partial charge in [-0.3, -0.25) is 0 Å². The number of amidine groups is 1. The van der Waals surface area contributed by atoms with E-state index in [1.165, 1.54) is 19.3 Å². The van der Waals surface area contributed by atoms with Gasteiger partial charge >= 0.3 is 0 Å². The molecule has 2 aliphatic rings. The van der Waals surface area contributed by atoms with Crippen LogP contribution in [0.25, 0.3) is 0 Å². The Balaban J connectivity index is 1.72. The van der Waals surface area contributed by atoms with E-state index in [9.17, 15) is 0 Å². The van der Waals surface area contributed by atoms with Gasteiger partial charge in [-0.05, 0) is 37.5 Å². The summed E-state index contributed by atoms with van der Waals surface area (Å²) in [6, 6.07) is 10.2. The molecule has 4 heteroatoms. The quantitative estimate of drug-likeness (QED) is 0.896. The first-order valence-electron chi connectivity index (χ1n) is 7.37. The van der Waals surface area contributed by atoms with Crippen molar-refractivity contribution < 1.29 is 0 Å². The van der Waals surface area contributed by atoms with Crippen LogP contribution in [0.5, 0.6) is 0 Å². The molecule has 1 N–H and O–H groups in total. The number of aliphatic imine (C=N–C) groups is 1. The predicted octanol–water partition coefficient (Wildman–Crippen LogP) is 2.73. The second-order valence-corrected chi connectivity index (χ2v) is 5.40. The van der Waals surface area contributed by atoms with Gasteiger partial charge in [-0.2, -0.15) is 0 Å². The van der Waals surface area contributed by atoms with Crippen LogP contribution in [-0.4, -0.2) is 42.1 Å². The van der Waals surface area contributed by atoms with Crippen LogP contribution in [0, 0.1) is 0 Å². The molecule has 0 spiro atoms. The van der Waals surface area contributed by atoms with Gasteiger partial charge in [0.05, 0.1) is 0 Å². The lowest BCUT2D eigenvalue weighted by atomic mass is 10.1. The Bertz CT molecular complexity index is 488. The summed E-state index contributed by atoms with van der Waals surface area (Å²) < 4.78 is 0. The Morgan fingerprint density at radius 3 is 2.60 bits per heavy atom. The molecule has 0 bridgehead atoms. The van der Waals surface area contributed by atoms with Crippen molar-refractivity contribution in [2.75, 3.05) is 25.5 Å². The molecule has 1 fully saturated rings. The highest BCUT2D eigenvalue weighted by Crippen LogP contribution is 2.16. The van der Waals surface area contributed by atoms with Crippen molar-refractivity contribution in [3.05, 3.63) is 42.6 Å². The Hall–Kier alpha value is -1.97. The van der Waals surface area contributed by atoms with E-state index >= 15 is 0 Å².